The van der Waals surface area contributed by atoms with Crippen molar-refractivity contribution in [1.82, 2.24) is 5.32 Å². The molecule has 1 unspecified atom stereocenters. The van der Waals surface area contributed by atoms with Crippen molar-refractivity contribution in [2.75, 3.05) is 0 Å². The topological polar surface area (TPSA) is 29.1 Å². The Hall–Kier alpha value is -1.31. The van der Waals surface area contributed by atoms with E-state index >= 15 is 0 Å². The molecule has 1 saturated carbocycles. The minimum Gasteiger partial charge on any atom is -0.352 e. The first-order valence-corrected chi connectivity index (χ1v) is 5.64. The number of carbonyl (C=O) groups excluding carboxylic acids is 1. The first kappa shape index (κ1) is 10.2. The van der Waals surface area contributed by atoms with Gasteiger partial charge < -0.3 is 5.32 Å². The van der Waals surface area contributed by atoms with E-state index < -0.39 is 0 Å². The molecule has 15 heavy (non-hydrogen) atoms. The van der Waals surface area contributed by atoms with Gasteiger partial charge in [0, 0.05) is 0 Å². The van der Waals surface area contributed by atoms with Crippen LogP contribution in [-0.2, 0) is 4.79 Å². The lowest BCUT2D eigenvalue weighted by Crippen LogP contribution is -2.18. The van der Waals surface area contributed by atoms with Gasteiger partial charge in [-0.2, -0.15) is 0 Å². The average Bonchev–Trinajstić information content (AvgIpc) is 3.10. The van der Waals surface area contributed by atoms with Crippen LogP contribution in [0.3, 0.4) is 0 Å². The van der Waals surface area contributed by atoms with Gasteiger partial charge in [-0.15, -0.1) is 0 Å². The minimum absolute atomic E-state index is 0.163. The Labute approximate surface area is 90.7 Å². The molecule has 0 aromatic heterocycles. The van der Waals surface area contributed by atoms with Crippen LogP contribution in [0.25, 0.3) is 0 Å². The summed E-state index contributed by atoms with van der Waals surface area (Å²) in [6.45, 7) is 2.08. The lowest BCUT2D eigenvalue weighted by Gasteiger charge is -2.14. The highest BCUT2D eigenvalue weighted by Crippen LogP contribution is 2.40. The minimum atomic E-state index is 0.163. The van der Waals surface area contributed by atoms with Crippen LogP contribution in [0.2, 0.25) is 0 Å². The molecule has 1 N–H and O–H groups in total. The van der Waals surface area contributed by atoms with Crippen molar-refractivity contribution in [2.45, 2.75) is 38.1 Å². The summed E-state index contributed by atoms with van der Waals surface area (Å²) in [5, 5.41) is 2.83. The molecule has 1 aromatic rings. The maximum atomic E-state index is 10.4. The normalized spacial score (nSPS) is 17.1. The van der Waals surface area contributed by atoms with Gasteiger partial charge >= 0.3 is 0 Å². The monoisotopic (exact) mass is 203 g/mol. The molecular weight excluding hydrogens is 186 g/mol. The van der Waals surface area contributed by atoms with Crippen LogP contribution < -0.4 is 5.32 Å². The van der Waals surface area contributed by atoms with E-state index in [1.165, 1.54) is 24.0 Å². The molecule has 0 heterocycles. The van der Waals surface area contributed by atoms with Crippen molar-refractivity contribution < 1.29 is 4.79 Å². The van der Waals surface area contributed by atoms with Crippen molar-refractivity contribution in [3.63, 3.8) is 0 Å². The molecule has 2 rings (SSSR count). The Balaban J connectivity index is 2.09. The second kappa shape index (κ2) is 4.47. The Kier molecular flexibility index (Phi) is 3.05. The molecule has 1 atom stereocenters. The van der Waals surface area contributed by atoms with E-state index in [9.17, 15) is 4.79 Å². The highest BCUT2D eigenvalue weighted by molar-refractivity contribution is 5.48. The lowest BCUT2D eigenvalue weighted by atomic mass is 10.0. The van der Waals surface area contributed by atoms with Crippen LogP contribution in [0.1, 0.15) is 49.3 Å². The van der Waals surface area contributed by atoms with Gasteiger partial charge in [-0.3, -0.25) is 4.79 Å². The summed E-state index contributed by atoms with van der Waals surface area (Å²) in [5.74, 6) is 0.804. The fourth-order valence-corrected chi connectivity index (χ4v) is 1.95. The second-order valence-corrected chi connectivity index (χ2v) is 4.19. The van der Waals surface area contributed by atoms with Gasteiger partial charge in [-0.1, -0.05) is 31.2 Å². The Bertz CT molecular complexity index is 327. The molecule has 1 amide bonds. The first-order chi connectivity index (χ1) is 7.35. The zero-order chi connectivity index (χ0) is 10.7. The zero-order valence-corrected chi connectivity index (χ0v) is 9.07. The van der Waals surface area contributed by atoms with E-state index in [1.54, 1.807) is 0 Å². The maximum absolute atomic E-state index is 10.4. The van der Waals surface area contributed by atoms with Gasteiger partial charge in [0.1, 0.15) is 0 Å². The molecule has 0 radical (unpaired) electrons. The average molecular weight is 203 g/mol. The van der Waals surface area contributed by atoms with Crippen LogP contribution in [-0.4, -0.2) is 6.41 Å². The SMILES string of the molecule is CCC(NC=O)c1ccc(C2CC2)cc1. The number of hydrogen-bond acceptors (Lipinski definition) is 1. The van der Waals surface area contributed by atoms with Gasteiger partial charge in [0.25, 0.3) is 0 Å². The van der Waals surface area contributed by atoms with Crippen molar-refractivity contribution in [3.05, 3.63) is 35.4 Å². The standard InChI is InChI=1S/C13H17NO/c1-2-13(14-9-15)12-7-5-11(6-8-12)10-3-4-10/h5-10,13H,2-4H2,1H3,(H,14,15). The fraction of sp³-hybridized carbons (Fsp3) is 0.462. The van der Waals surface area contributed by atoms with Crippen LogP contribution in [0.4, 0.5) is 0 Å². The quantitative estimate of drug-likeness (QED) is 0.732. The third-order valence-electron chi connectivity index (χ3n) is 3.07. The summed E-state index contributed by atoms with van der Waals surface area (Å²) in [5.41, 5.74) is 2.65. The van der Waals surface area contributed by atoms with Gasteiger partial charge in [-0.05, 0) is 36.3 Å². The Morgan fingerprint density at radius 3 is 2.53 bits per heavy atom. The molecule has 0 bridgehead atoms. The number of rotatable bonds is 5. The summed E-state index contributed by atoms with van der Waals surface area (Å²) in [6.07, 6.45) is 4.39. The first-order valence-electron chi connectivity index (χ1n) is 5.64. The maximum Gasteiger partial charge on any atom is 0.207 e. The highest BCUT2D eigenvalue weighted by Gasteiger charge is 2.23. The van der Waals surface area contributed by atoms with E-state index in [0.29, 0.717) is 0 Å². The van der Waals surface area contributed by atoms with E-state index in [-0.39, 0.29) is 6.04 Å². The van der Waals surface area contributed by atoms with Gasteiger partial charge in [0.2, 0.25) is 6.41 Å². The lowest BCUT2D eigenvalue weighted by molar-refractivity contribution is -0.110. The molecule has 0 spiro atoms. The van der Waals surface area contributed by atoms with Crippen LogP contribution in [0, 0.1) is 0 Å². The predicted molar refractivity (Wildman–Crippen MR) is 60.6 cm³/mol. The molecule has 1 aromatic carbocycles. The van der Waals surface area contributed by atoms with Crippen molar-refractivity contribution in [2.24, 2.45) is 0 Å². The third kappa shape index (κ3) is 2.38. The predicted octanol–water partition coefficient (Wildman–Crippen LogP) is 2.76. The van der Waals surface area contributed by atoms with Crippen molar-refractivity contribution >= 4 is 6.41 Å². The molecule has 1 aliphatic rings. The summed E-state index contributed by atoms with van der Waals surface area (Å²) in [4.78, 5) is 10.4. The van der Waals surface area contributed by atoms with Crippen molar-refractivity contribution in [1.29, 1.82) is 0 Å². The summed E-state index contributed by atoms with van der Waals surface area (Å²) in [6, 6.07) is 8.83. The second-order valence-electron chi connectivity index (χ2n) is 4.19. The number of benzene rings is 1. The fourth-order valence-electron chi connectivity index (χ4n) is 1.95. The zero-order valence-electron chi connectivity index (χ0n) is 9.07. The van der Waals surface area contributed by atoms with Crippen LogP contribution in [0.15, 0.2) is 24.3 Å². The largest absolute Gasteiger partial charge is 0.352 e. The van der Waals surface area contributed by atoms with E-state index in [2.05, 4.69) is 36.5 Å². The summed E-state index contributed by atoms with van der Waals surface area (Å²) >= 11 is 0. The van der Waals surface area contributed by atoms with Gasteiger partial charge in [-0.25, -0.2) is 0 Å². The van der Waals surface area contributed by atoms with Crippen molar-refractivity contribution in [3.8, 4) is 0 Å². The van der Waals surface area contributed by atoms with E-state index in [1.807, 2.05) is 0 Å². The van der Waals surface area contributed by atoms with E-state index in [0.717, 1.165) is 18.7 Å². The number of carbonyl (C=O) groups is 1. The molecule has 2 nitrogen and oxygen atoms in total. The Morgan fingerprint density at radius 2 is 2.07 bits per heavy atom. The molecule has 80 valence electrons. The smallest absolute Gasteiger partial charge is 0.207 e. The highest BCUT2D eigenvalue weighted by atomic mass is 16.1. The van der Waals surface area contributed by atoms with Crippen LogP contribution in [0.5, 0.6) is 0 Å². The molecule has 1 fully saturated rings. The third-order valence-corrected chi connectivity index (χ3v) is 3.07. The number of hydrogen-bond donors (Lipinski definition) is 1. The molecule has 0 aliphatic heterocycles. The molecule has 2 heteroatoms. The number of amides is 1. The summed E-state index contributed by atoms with van der Waals surface area (Å²) < 4.78 is 0. The summed E-state index contributed by atoms with van der Waals surface area (Å²) in [7, 11) is 0. The van der Waals surface area contributed by atoms with Gasteiger partial charge in [0.15, 0.2) is 0 Å². The van der Waals surface area contributed by atoms with Gasteiger partial charge in [0.05, 0.1) is 6.04 Å². The molecular formula is C13H17NO. The molecule has 0 saturated heterocycles. The number of nitrogens with one attached hydrogen (secondary N) is 1. The van der Waals surface area contributed by atoms with E-state index in [4.69, 9.17) is 0 Å². The Morgan fingerprint density at radius 1 is 1.40 bits per heavy atom. The van der Waals surface area contributed by atoms with Crippen LogP contribution >= 0.6 is 0 Å². The molecule has 1 aliphatic carbocycles.